The van der Waals surface area contributed by atoms with Crippen LogP contribution in [0.25, 0.3) is 0 Å². The summed E-state index contributed by atoms with van der Waals surface area (Å²) in [5.74, 6) is -0.500. The van der Waals surface area contributed by atoms with Crippen molar-refractivity contribution in [2.75, 3.05) is 0 Å². The lowest BCUT2D eigenvalue weighted by atomic mass is 10.2. The fourth-order valence-electron chi connectivity index (χ4n) is 1.71. The first-order valence-electron chi connectivity index (χ1n) is 5.62. The van der Waals surface area contributed by atoms with Crippen LogP contribution in [0.2, 0.25) is 0 Å². The van der Waals surface area contributed by atoms with E-state index in [1.54, 1.807) is 18.5 Å². The topological polar surface area (TPSA) is 59.8 Å². The molecule has 0 bridgehead atoms. The van der Waals surface area contributed by atoms with Gasteiger partial charge in [0.1, 0.15) is 12.1 Å². The Bertz CT molecular complexity index is 614. The van der Waals surface area contributed by atoms with Crippen LogP contribution in [-0.2, 0) is 7.05 Å². The second kappa shape index (κ2) is 5.40. The summed E-state index contributed by atoms with van der Waals surface area (Å²) in [7, 11) is 1.77. The number of aryl methyl sites for hydroxylation is 1. The van der Waals surface area contributed by atoms with Crippen molar-refractivity contribution in [2.24, 2.45) is 7.05 Å². The smallest absolute Gasteiger partial charge is 0.254 e. The van der Waals surface area contributed by atoms with E-state index in [-0.39, 0.29) is 11.6 Å². The van der Waals surface area contributed by atoms with Crippen molar-refractivity contribution < 1.29 is 9.18 Å². The van der Waals surface area contributed by atoms with Crippen molar-refractivity contribution >= 4 is 18.5 Å². The van der Waals surface area contributed by atoms with Gasteiger partial charge in [0.15, 0.2) is 5.82 Å². The van der Waals surface area contributed by atoms with Gasteiger partial charge in [-0.15, -0.1) is 22.8 Å². The first-order chi connectivity index (χ1) is 8.99. The molecule has 1 N–H and O–H groups in total. The van der Waals surface area contributed by atoms with Gasteiger partial charge in [-0.05, 0) is 25.1 Å². The summed E-state index contributed by atoms with van der Waals surface area (Å²) in [5.41, 5.74) is -0.0403. The van der Waals surface area contributed by atoms with Gasteiger partial charge in [-0.25, -0.2) is 4.39 Å². The predicted octanol–water partition coefficient (Wildman–Crippen LogP) is 1.73. The maximum absolute atomic E-state index is 13.6. The average Bonchev–Trinajstić information content (AvgIpc) is 2.78. The van der Waals surface area contributed by atoms with E-state index in [1.165, 1.54) is 24.5 Å². The van der Waals surface area contributed by atoms with Crippen LogP contribution in [0, 0.1) is 5.82 Å². The summed E-state index contributed by atoms with van der Waals surface area (Å²) in [4.78, 5) is 12.5. The molecule has 0 saturated carbocycles. The van der Waals surface area contributed by atoms with Crippen LogP contribution in [0.15, 0.2) is 29.4 Å². The summed E-state index contributed by atoms with van der Waals surface area (Å²) in [5, 5.41) is 10.3. The molecule has 0 radical (unpaired) electrons. The highest BCUT2D eigenvalue weighted by molar-refractivity contribution is 7.80. The molecule has 5 nitrogen and oxygen atoms in total. The molecule has 1 atom stereocenters. The van der Waals surface area contributed by atoms with E-state index in [0.717, 1.165) is 0 Å². The number of hydrogen-bond acceptors (Lipinski definition) is 4. The second-order valence-corrected chi connectivity index (χ2v) is 4.68. The highest BCUT2D eigenvalue weighted by Crippen LogP contribution is 2.15. The summed E-state index contributed by atoms with van der Waals surface area (Å²) >= 11 is 4.09. The molecule has 19 heavy (non-hydrogen) atoms. The first kappa shape index (κ1) is 13.5. The molecule has 0 aliphatic heterocycles. The number of amides is 1. The molecule has 0 spiro atoms. The van der Waals surface area contributed by atoms with Crippen LogP contribution in [0.1, 0.15) is 29.1 Å². The van der Waals surface area contributed by atoms with Gasteiger partial charge in [-0.2, -0.15) is 0 Å². The summed E-state index contributed by atoms with van der Waals surface area (Å²) in [6.07, 6.45) is 1.53. The maximum atomic E-state index is 13.6. The molecule has 1 amide bonds. The lowest BCUT2D eigenvalue weighted by Gasteiger charge is -2.13. The molecule has 0 fully saturated rings. The van der Waals surface area contributed by atoms with Crippen molar-refractivity contribution in [1.29, 1.82) is 0 Å². The number of nitrogens with zero attached hydrogens (tertiary/aromatic N) is 3. The number of nitrogens with one attached hydrogen (secondary N) is 1. The Kier molecular flexibility index (Phi) is 3.84. The molecule has 1 heterocycles. The summed E-state index contributed by atoms with van der Waals surface area (Å²) < 4.78 is 15.3. The van der Waals surface area contributed by atoms with Gasteiger partial charge in [0, 0.05) is 11.9 Å². The normalized spacial score (nSPS) is 12.2. The number of carbonyl (C=O) groups excluding carboxylic acids is 1. The first-order valence-corrected chi connectivity index (χ1v) is 6.07. The zero-order valence-electron chi connectivity index (χ0n) is 10.5. The number of thiol groups is 1. The zero-order chi connectivity index (χ0) is 14.0. The van der Waals surface area contributed by atoms with Gasteiger partial charge in [-0.3, -0.25) is 4.79 Å². The molecule has 0 aliphatic carbocycles. The lowest BCUT2D eigenvalue weighted by molar-refractivity contribution is 0.0933. The lowest BCUT2D eigenvalue weighted by Crippen LogP contribution is -2.29. The van der Waals surface area contributed by atoms with Gasteiger partial charge in [0.25, 0.3) is 5.91 Å². The third-order valence-electron chi connectivity index (χ3n) is 2.68. The van der Waals surface area contributed by atoms with Crippen LogP contribution < -0.4 is 5.32 Å². The highest BCUT2D eigenvalue weighted by atomic mass is 32.1. The van der Waals surface area contributed by atoms with Crippen LogP contribution in [0.4, 0.5) is 4.39 Å². The SMILES string of the molecule is CC(NC(=O)c1cc(S)ccc1F)c1nncn1C. The van der Waals surface area contributed by atoms with Gasteiger partial charge < -0.3 is 9.88 Å². The second-order valence-electron chi connectivity index (χ2n) is 4.16. The minimum absolute atomic E-state index is 0.0403. The largest absolute Gasteiger partial charge is 0.342 e. The van der Waals surface area contributed by atoms with Crippen molar-refractivity contribution in [2.45, 2.75) is 17.9 Å². The van der Waals surface area contributed by atoms with Gasteiger partial charge in [0.05, 0.1) is 11.6 Å². The quantitative estimate of drug-likeness (QED) is 0.842. The number of hydrogen-bond donors (Lipinski definition) is 2. The Hall–Kier alpha value is -1.89. The van der Waals surface area contributed by atoms with Gasteiger partial charge >= 0.3 is 0 Å². The van der Waals surface area contributed by atoms with E-state index in [1.807, 2.05) is 0 Å². The zero-order valence-corrected chi connectivity index (χ0v) is 11.4. The molecule has 7 heteroatoms. The van der Waals surface area contributed by atoms with Gasteiger partial charge in [0.2, 0.25) is 0 Å². The minimum Gasteiger partial charge on any atom is -0.342 e. The van der Waals surface area contributed by atoms with E-state index >= 15 is 0 Å². The number of halogens is 1. The molecule has 0 saturated heterocycles. The summed E-state index contributed by atoms with van der Waals surface area (Å²) in [6.45, 7) is 1.75. The number of aromatic nitrogens is 3. The van der Waals surface area contributed by atoms with Crippen molar-refractivity contribution in [3.63, 3.8) is 0 Å². The van der Waals surface area contributed by atoms with Crippen molar-refractivity contribution in [3.8, 4) is 0 Å². The summed E-state index contributed by atoms with van der Waals surface area (Å²) in [6, 6.07) is 3.71. The van der Waals surface area contributed by atoms with E-state index in [2.05, 4.69) is 28.1 Å². The minimum atomic E-state index is -0.583. The average molecular weight is 280 g/mol. The molecule has 1 aromatic heterocycles. The molecule has 1 aromatic carbocycles. The Morgan fingerprint density at radius 3 is 2.89 bits per heavy atom. The highest BCUT2D eigenvalue weighted by Gasteiger charge is 2.18. The maximum Gasteiger partial charge on any atom is 0.254 e. The monoisotopic (exact) mass is 280 g/mol. The Morgan fingerprint density at radius 2 is 2.26 bits per heavy atom. The fraction of sp³-hybridized carbons (Fsp3) is 0.250. The van der Waals surface area contributed by atoms with E-state index in [4.69, 9.17) is 0 Å². The van der Waals surface area contributed by atoms with Crippen LogP contribution in [0.3, 0.4) is 0 Å². The Morgan fingerprint density at radius 1 is 1.53 bits per heavy atom. The van der Waals surface area contributed by atoms with E-state index in [0.29, 0.717) is 10.7 Å². The number of rotatable bonds is 3. The predicted molar refractivity (Wildman–Crippen MR) is 70.5 cm³/mol. The van der Waals surface area contributed by atoms with E-state index in [9.17, 15) is 9.18 Å². The fourth-order valence-corrected chi connectivity index (χ4v) is 1.91. The van der Waals surface area contributed by atoms with Crippen molar-refractivity contribution in [3.05, 3.63) is 41.7 Å². The standard InChI is InChI=1S/C12H13FN4OS/c1-7(11-16-14-6-17(11)2)15-12(18)9-5-8(19)3-4-10(9)13/h3-7,19H,1-2H3,(H,15,18). The third kappa shape index (κ3) is 2.93. The molecular weight excluding hydrogens is 267 g/mol. The molecule has 1 unspecified atom stereocenters. The van der Waals surface area contributed by atoms with Crippen molar-refractivity contribution in [1.82, 2.24) is 20.1 Å². The van der Waals surface area contributed by atoms with Crippen LogP contribution >= 0.6 is 12.6 Å². The van der Waals surface area contributed by atoms with Gasteiger partial charge in [-0.1, -0.05) is 0 Å². The third-order valence-corrected chi connectivity index (χ3v) is 2.95. The molecule has 2 rings (SSSR count). The van der Waals surface area contributed by atoms with Crippen LogP contribution in [-0.4, -0.2) is 20.7 Å². The molecular formula is C12H13FN4OS. The Labute approximate surface area is 115 Å². The van der Waals surface area contributed by atoms with Crippen LogP contribution in [0.5, 0.6) is 0 Å². The van der Waals surface area contributed by atoms with E-state index < -0.39 is 11.7 Å². The number of benzene rings is 1. The molecule has 0 aliphatic rings. The molecule has 2 aromatic rings. The Balaban J connectivity index is 2.17. The number of carbonyl (C=O) groups is 1. The molecule has 100 valence electrons.